The maximum absolute atomic E-state index is 13.2. The van der Waals surface area contributed by atoms with E-state index in [2.05, 4.69) is 20.3 Å². The van der Waals surface area contributed by atoms with Crippen LogP contribution in [0.25, 0.3) is 0 Å². The Morgan fingerprint density at radius 3 is 2.76 bits per heavy atom. The van der Waals surface area contributed by atoms with Gasteiger partial charge in [0.15, 0.2) is 6.29 Å². The quantitative estimate of drug-likeness (QED) is 0.537. The van der Waals surface area contributed by atoms with E-state index < -0.39 is 12.2 Å². The Balaban J connectivity index is 2.25. The Bertz CT molecular complexity index is 521. The summed E-state index contributed by atoms with van der Waals surface area (Å²) in [5.74, 6) is -0.424. The molecule has 7 heteroatoms. The van der Waals surface area contributed by atoms with Gasteiger partial charge in [-0.15, -0.1) is 0 Å². The highest BCUT2D eigenvalue weighted by Gasteiger charge is 2.07. The third kappa shape index (κ3) is 2.71. The lowest BCUT2D eigenvalue weighted by atomic mass is 10.3. The summed E-state index contributed by atoms with van der Waals surface area (Å²) in [6.45, 7) is 0. The number of hydrogen-bond acceptors (Lipinski definition) is 6. The predicted octanol–water partition coefficient (Wildman–Crippen LogP) is 0.737. The van der Waals surface area contributed by atoms with E-state index in [9.17, 15) is 4.39 Å². The number of anilines is 2. The first-order chi connectivity index (χ1) is 8.16. The van der Waals surface area contributed by atoms with Crippen molar-refractivity contribution in [3.05, 3.63) is 42.4 Å². The number of aliphatic hydroxyl groups is 2. The summed E-state index contributed by atoms with van der Waals surface area (Å²) in [5, 5.41) is 20.5. The topological polar surface area (TPSA) is 91.2 Å². The van der Waals surface area contributed by atoms with Crippen molar-refractivity contribution < 1.29 is 14.6 Å². The molecule has 0 spiro atoms. The number of nitrogens with one attached hydrogen (secondary N) is 1. The zero-order valence-corrected chi connectivity index (χ0v) is 8.58. The van der Waals surface area contributed by atoms with Gasteiger partial charge in [-0.3, -0.25) is 0 Å². The van der Waals surface area contributed by atoms with Gasteiger partial charge in [-0.25, -0.2) is 15.0 Å². The van der Waals surface area contributed by atoms with Crippen molar-refractivity contribution in [3.63, 3.8) is 0 Å². The van der Waals surface area contributed by atoms with Gasteiger partial charge in [0.2, 0.25) is 5.95 Å². The van der Waals surface area contributed by atoms with Gasteiger partial charge in [0, 0.05) is 12.3 Å². The van der Waals surface area contributed by atoms with Crippen LogP contribution >= 0.6 is 0 Å². The normalized spacial score (nSPS) is 10.6. The number of pyridine rings is 1. The van der Waals surface area contributed by atoms with Crippen molar-refractivity contribution in [2.75, 3.05) is 5.32 Å². The maximum Gasteiger partial charge on any atom is 0.236 e. The second-order valence-electron chi connectivity index (χ2n) is 3.17. The van der Waals surface area contributed by atoms with Gasteiger partial charge in [0.1, 0.15) is 17.8 Å². The summed E-state index contributed by atoms with van der Waals surface area (Å²) in [6, 6.07) is 4.35. The predicted molar refractivity (Wildman–Crippen MR) is 56.7 cm³/mol. The highest BCUT2D eigenvalue weighted by atomic mass is 19.1. The van der Waals surface area contributed by atoms with Gasteiger partial charge >= 0.3 is 0 Å². The number of halogens is 1. The lowest BCUT2D eigenvalue weighted by molar-refractivity contribution is -0.0458. The third-order valence-electron chi connectivity index (χ3n) is 1.97. The molecule has 0 amide bonds. The fourth-order valence-corrected chi connectivity index (χ4v) is 1.20. The van der Waals surface area contributed by atoms with Crippen LogP contribution in [0.2, 0.25) is 0 Å². The molecule has 0 aliphatic carbocycles. The summed E-state index contributed by atoms with van der Waals surface area (Å²) in [6.07, 6.45) is 0.770. The van der Waals surface area contributed by atoms with Crippen molar-refractivity contribution in [2.45, 2.75) is 6.29 Å². The van der Waals surface area contributed by atoms with Crippen molar-refractivity contribution in [2.24, 2.45) is 0 Å². The largest absolute Gasteiger partial charge is 0.363 e. The van der Waals surface area contributed by atoms with Gasteiger partial charge in [-0.1, -0.05) is 0 Å². The number of rotatable bonds is 3. The average Bonchev–Trinajstić information content (AvgIpc) is 2.32. The molecule has 3 N–H and O–H groups in total. The minimum atomic E-state index is -1.70. The number of hydrogen-bond donors (Lipinski definition) is 3. The molecule has 2 heterocycles. The Labute approximate surface area is 95.8 Å². The molecule has 2 rings (SSSR count). The van der Waals surface area contributed by atoms with Gasteiger partial charge in [-0.2, -0.15) is 4.39 Å². The molecule has 0 aliphatic rings. The first-order valence-electron chi connectivity index (χ1n) is 4.72. The molecular formula is C10H9FN4O2. The van der Waals surface area contributed by atoms with E-state index in [0.29, 0.717) is 0 Å². The first-order valence-corrected chi connectivity index (χ1v) is 4.72. The average molecular weight is 236 g/mol. The molecule has 0 aromatic carbocycles. The Morgan fingerprint density at radius 2 is 2.06 bits per heavy atom. The molecule has 88 valence electrons. The van der Waals surface area contributed by atoms with Gasteiger partial charge in [-0.05, 0) is 12.1 Å². The molecule has 2 aromatic heterocycles. The van der Waals surface area contributed by atoms with Gasteiger partial charge in [0.25, 0.3) is 0 Å². The minimum absolute atomic E-state index is 0.0202. The summed E-state index contributed by atoms with van der Waals surface area (Å²) in [7, 11) is 0. The minimum Gasteiger partial charge on any atom is -0.363 e. The summed E-state index contributed by atoms with van der Waals surface area (Å²) in [5.41, 5.74) is 0.163. The van der Waals surface area contributed by atoms with Crippen LogP contribution in [0.15, 0.2) is 30.7 Å². The number of aromatic nitrogens is 3. The SMILES string of the molecule is OC(O)c1cc(Nc2cccnc2F)ncn1. The van der Waals surface area contributed by atoms with Crippen LogP contribution < -0.4 is 5.32 Å². The van der Waals surface area contributed by atoms with Crippen molar-refractivity contribution >= 4 is 11.5 Å². The van der Waals surface area contributed by atoms with Crippen molar-refractivity contribution in [3.8, 4) is 0 Å². The molecule has 0 atom stereocenters. The van der Waals surface area contributed by atoms with E-state index in [-0.39, 0.29) is 17.2 Å². The molecule has 0 saturated heterocycles. The van der Waals surface area contributed by atoms with E-state index in [1.807, 2.05) is 0 Å². The summed E-state index contributed by atoms with van der Waals surface area (Å²) >= 11 is 0. The van der Waals surface area contributed by atoms with Gasteiger partial charge in [0.05, 0.1) is 5.69 Å². The second kappa shape index (κ2) is 4.81. The van der Waals surface area contributed by atoms with Gasteiger partial charge < -0.3 is 15.5 Å². The van der Waals surface area contributed by atoms with Crippen LogP contribution in [0.1, 0.15) is 12.0 Å². The van der Waals surface area contributed by atoms with E-state index >= 15 is 0 Å². The molecule has 17 heavy (non-hydrogen) atoms. The lowest BCUT2D eigenvalue weighted by Gasteiger charge is -2.07. The maximum atomic E-state index is 13.2. The summed E-state index contributed by atoms with van der Waals surface area (Å²) in [4.78, 5) is 10.9. The smallest absolute Gasteiger partial charge is 0.236 e. The molecule has 0 radical (unpaired) electrons. The van der Waals surface area contributed by atoms with Crippen LogP contribution in [-0.4, -0.2) is 25.2 Å². The zero-order chi connectivity index (χ0) is 12.3. The van der Waals surface area contributed by atoms with Crippen LogP contribution in [-0.2, 0) is 0 Å². The zero-order valence-electron chi connectivity index (χ0n) is 8.58. The first kappa shape index (κ1) is 11.4. The highest BCUT2D eigenvalue weighted by molar-refractivity contribution is 5.55. The molecule has 0 saturated carbocycles. The Kier molecular flexibility index (Phi) is 3.22. The Hall–Kier alpha value is -2.12. The molecule has 0 aliphatic heterocycles. The molecule has 6 nitrogen and oxygen atoms in total. The third-order valence-corrected chi connectivity index (χ3v) is 1.97. The lowest BCUT2D eigenvalue weighted by Crippen LogP contribution is -2.03. The number of nitrogens with zero attached hydrogens (tertiary/aromatic N) is 3. The summed E-state index contributed by atoms with van der Waals surface area (Å²) < 4.78 is 13.2. The second-order valence-corrected chi connectivity index (χ2v) is 3.17. The molecule has 2 aromatic rings. The molecular weight excluding hydrogens is 227 g/mol. The van der Waals surface area contributed by atoms with Crippen molar-refractivity contribution in [1.29, 1.82) is 0 Å². The Morgan fingerprint density at radius 1 is 1.24 bits per heavy atom. The number of aliphatic hydroxyl groups excluding tert-OH is 1. The van der Waals surface area contributed by atoms with E-state index in [1.54, 1.807) is 6.07 Å². The van der Waals surface area contributed by atoms with E-state index in [4.69, 9.17) is 10.2 Å². The van der Waals surface area contributed by atoms with Crippen molar-refractivity contribution in [1.82, 2.24) is 15.0 Å². The highest BCUT2D eigenvalue weighted by Crippen LogP contribution is 2.17. The molecule has 0 fully saturated rings. The van der Waals surface area contributed by atoms with Crippen LogP contribution in [0.5, 0.6) is 0 Å². The van der Waals surface area contributed by atoms with Crippen LogP contribution in [0.3, 0.4) is 0 Å². The molecule has 0 unspecified atom stereocenters. The van der Waals surface area contributed by atoms with E-state index in [0.717, 1.165) is 6.33 Å². The van der Waals surface area contributed by atoms with E-state index in [1.165, 1.54) is 18.3 Å². The monoisotopic (exact) mass is 236 g/mol. The van der Waals surface area contributed by atoms with Crippen LogP contribution in [0, 0.1) is 5.95 Å². The fourth-order valence-electron chi connectivity index (χ4n) is 1.20. The fraction of sp³-hybridized carbons (Fsp3) is 0.100. The van der Waals surface area contributed by atoms with Crippen LogP contribution in [0.4, 0.5) is 15.9 Å². The molecule has 0 bridgehead atoms. The standard InChI is InChI=1S/C10H9FN4O2/c11-9-6(2-1-3-12-9)15-8-4-7(10(16)17)13-5-14-8/h1-5,10,16-17H,(H,13,14,15).